The van der Waals surface area contributed by atoms with Crippen LogP contribution in [0.15, 0.2) is 64.8 Å². The number of furan rings is 1. The summed E-state index contributed by atoms with van der Waals surface area (Å²) >= 11 is 6.14. The number of benzene rings is 2. The van der Waals surface area contributed by atoms with Gasteiger partial charge in [-0.2, -0.15) is 0 Å². The van der Waals surface area contributed by atoms with Gasteiger partial charge in [-0.15, -0.1) is 0 Å². The van der Waals surface area contributed by atoms with Crippen LogP contribution in [0.1, 0.15) is 27.4 Å². The summed E-state index contributed by atoms with van der Waals surface area (Å²) in [5.74, 6) is 1.31. The fraction of sp³-hybridized carbons (Fsp3) is 0.0909. The molecule has 0 aliphatic carbocycles. The maximum atomic E-state index is 12.4. The van der Waals surface area contributed by atoms with Crippen molar-refractivity contribution in [2.75, 3.05) is 5.32 Å². The summed E-state index contributed by atoms with van der Waals surface area (Å²) in [4.78, 5) is 24.8. The fourth-order valence-electron chi connectivity index (χ4n) is 2.88. The highest BCUT2D eigenvalue weighted by Gasteiger charge is 2.23. The second-order valence-electron chi connectivity index (χ2n) is 6.49. The number of nitrogens with one attached hydrogen (secondary N) is 2. The zero-order chi connectivity index (χ0) is 20.4. The Labute approximate surface area is 172 Å². The minimum Gasteiger partial charge on any atom is -0.465 e. The number of carbonyl (C=O) groups excluding carboxylic acids is 2. The molecule has 6 nitrogen and oxygen atoms in total. The quantitative estimate of drug-likeness (QED) is 0.621. The van der Waals surface area contributed by atoms with E-state index in [0.29, 0.717) is 33.3 Å². The molecule has 2 N–H and O–H groups in total. The first-order valence-corrected chi connectivity index (χ1v) is 9.30. The van der Waals surface area contributed by atoms with Gasteiger partial charge >= 0.3 is 0 Å². The monoisotopic (exact) mass is 408 g/mol. The highest BCUT2D eigenvalue weighted by molar-refractivity contribution is 6.32. The van der Waals surface area contributed by atoms with Crippen LogP contribution in [-0.2, 0) is 11.3 Å². The highest BCUT2D eigenvalue weighted by Crippen LogP contribution is 2.33. The maximum Gasteiger partial charge on any atom is 0.291 e. The Hall–Kier alpha value is -3.51. The van der Waals surface area contributed by atoms with E-state index in [2.05, 4.69) is 10.6 Å². The van der Waals surface area contributed by atoms with E-state index in [1.165, 1.54) is 0 Å². The van der Waals surface area contributed by atoms with Crippen molar-refractivity contribution in [3.8, 4) is 5.75 Å². The van der Waals surface area contributed by atoms with Crippen molar-refractivity contribution >= 4 is 35.2 Å². The lowest BCUT2D eigenvalue weighted by molar-refractivity contribution is -0.115. The van der Waals surface area contributed by atoms with Crippen LogP contribution in [-0.4, -0.2) is 11.8 Å². The molecule has 0 unspecified atom stereocenters. The Morgan fingerprint density at radius 2 is 2.00 bits per heavy atom. The molecule has 0 saturated heterocycles. The van der Waals surface area contributed by atoms with E-state index in [-0.39, 0.29) is 18.2 Å². The molecule has 0 fully saturated rings. The lowest BCUT2D eigenvalue weighted by atomic mass is 10.1. The molecule has 0 radical (unpaired) electrons. The van der Waals surface area contributed by atoms with E-state index in [0.717, 1.165) is 5.76 Å². The highest BCUT2D eigenvalue weighted by atomic mass is 35.5. The van der Waals surface area contributed by atoms with Crippen molar-refractivity contribution in [1.82, 2.24) is 5.32 Å². The maximum absolute atomic E-state index is 12.4. The van der Waals surface area contributed by atoms with Crippen molar-refractivity contribution in [2.45, 2.75) is 13.5 Å². The van der Waals surface area contributed by atoms with Crippen molar-refractivity contribution in [1.29, 1.82) is 0 Å². The smallest absolute Gasteiger partial charge is 0.291 e. The summed E-state index contributed by atoms with van der Waals surface area (Å²) in [6, 6.07) is 15.6. The molecule has 0 spiro atoms. The van der Waals surface area contributed by atoms with Gasteiger partial charge in [0.1, 0.15) is 11.5 Å². The molecule has 0 saturated carbocycles. The van der Waals surface area contributed by atoms with Gasteiger partial charge in [-0.05, 0) is 55.0 Å². The van der Waals surface area contributed by atoms with Gasteiger partial charge in [0.15, 0.2) is 11.5 Å². The first-order chi connectivity index (χ1) is 14.0. The summed E-state index contributed by atoms with van der Waals surface area (Å²) < 4.78 is 11.1. The Kier molecular flexibility index (Phi) is 5.10. The lowest BCUT2D eigenvalue weighted by Crippen LogP contribution is -2.25. The number of hydrogen-bond donors (Lipinski definition) is 2. The van der Waals surface area contributed by atoms with Crippen LogP contribution in [0.3, 0.4) is 0 Å². The van der Waals surface area contributed by atoms with Crippen LogP contribution in [0.4, 0.5) is 5.69 Å². The standard InChI is InChI=1S/C22H17ClN2O4/c1-13-6-8-16(28-13)12-24-21(26)15-7-9-19-18(10-15)25-22(27)20(29-19)11-14-4-2-3-5-17(14)23/h2-11H,12H2,1H3,(H,24,26)(H,25,27)/b20-11+. The molecule has 0 bridgehead atoms. The third-order valence-corrected chi connectivity index (χ3v) is 4.69. The van der Waals surface area contributed by atoms with Crippen LogP contribution in [0.2, 0.25) is 5.02 Å². The lowest BCUT2D eigenvalue weighted by Gasteiger charge is -2.20. The van der Waals surface area contributed by atoms with Crippen molar-refractivity contribution in [3.63, 3.8) is 0 Å². The van der Waals surface area contributed by atoms with Crippen molar-refractivity contribution in [2.24, 2.45) is 0 Å². The Balaban J connectivity index is 1.50. The Morgan fingerprint density at radius 3 is 2.76 bits per heavy atom. The predicted octanol–water partition coefficient (Wildman–Crippen LogP) is 4.54. The van der Waals surface area contributed by atoms with E-state index in [4.69, 9.17) is 20.8 Å². The van der Waals surface area contributed by atoms with E-state index in [1.54, 1.807) is 42.5 Å². The minimum absolute atomic E-state index is 0.121. The number of amides is 2. The van der Waals surface area contributed by atoms with Gasteiger partial charge in [-0.3, -0.25) is 9.59 Å². The number of rotatable bonds is 4. The summed E-state index contributed by atoms with van der Waals surface area (Å²) in [7, 11) is 0. The van der Waals surface area contributed by atoms with Crippen LogP contribution in [0.5, 0.6) is 5.75 Å². The number of halogens is 1. The van der Waals surface area contributed by atoms with Crippen LogP contribution < -0.4 is 15.4 Å². The van der Waals surface area contributed by atoms with Gasteiger partial charge in [0, 0.05) is 10.6 Å². The number of anilines is 1. The van der Waals surface area contributed by atoms with E-state index < -0.39 is 5.91 Å². The fourth-order valence-corrected chi connectivity index (χ4v) is 3.07. The molecule has 4 rings (SSSR count). The molecule has 2 amide bonds. The SMILES string of the molecule is Cc1ccc(CNC(=O)c2ccc3c(c2)NC(=O)/C(=C\c2ccccc2Cl)O3)o1. The van der Waals surface area contributed by atoms with Gasteiger partial charge in [-0.25, -0.2) is 0 Å². The molecule has 0 atom stereocenters. The van der Waals surface area contributed by atoms with E-state index in [9.17, 15) is 9.59 Å². The van der Waals surface area contributed by atoms with Gasteiger partial charge in [-0.1, -0.05) is 29.8 Å². The normalized spacial score (nSPS) is 14.1. The third-order valence-electron chi connectivity index (χ3n) is 4.34. The van der Waals surface area contributed by atoms with E-state index >= 15 is 0 Å². The average molecular weight is 409 g/mol. The van der Waals surface area contributed by atoms with Gasteiger partial charge in [0.25, 0.3) is 11.8 Å². The Bertz CT molecular complexity index is 1130. The summed E-state index contributed by atoms with van der Waals surface area (Å²) in [6.45, 7) is 2.11. The molecule has 2 aromatic carbocycles. The second-order valence-corrected chi connectivity index (χ2v) is 6.90. The number of fused-ring (bicyclic) bond motifs is 1. The summed E-state index contributed by atoms with van der Waals surface area (Å²) in [6.07, 6.45) is 1.58. The molecule has 29 heavy (non-hydrogen) atoms. The summed E-state index contributed by atoms with van der Waals surface area (Å²) in [5, 5.41) is 6.05. The first-order valence-electron chi connectivity index (χ1n) is 8.92. The molecule has 3 aromatic rings. The van der Waals surface area contributed by atoms with E-state index in [1.807, 2.05) is 25.1 Å². The number of carbonyl (C=O) groups is 2. The summed E-state index contributed by atoms with van der Waals surface area (Å²) in [5.41, 5.74) is 1.49. The van der Waals surface area contributed by atoms with Gasteiger partial charge in [0.05, 0.1) is 12.2 Å². The zero-order valence-corrected chi connectivity index (χ0v) is 16.2. The molecule has 146 valence electrons. The predicted molar refractivity (Wildman–Crippen MR) is 110 cm³/mol. The Morgan fingerprint density at radius 1 is 1.17 bits per heavy atom. The number of hydrogen-bond acceptors (Lipinski definition) is 4. The van der Waals surface area contributed by atoms with Gasteiger partial charge < -0.3 is 19.8 Å². The number of aryl methyl sites for hydroxylation is 1. The first kappa shape index (κ1) is 18.8. The largest absolute Gasteiger partial charge is 0.465 e. The molecule has 2 heterocycles. The van der Waals surface area contributed by atoms with Crippen LogP contribution in [0.25, 0.3) is 6.08 Å². The van der Waals surface area contributed by atoms with Crippen LogP contribution >= 0.6 is 11.6 Å². The molecule has 1 aliphatic rings. The van der Waals surface area contributed by atoms with Crippen LogP contribution in [0, 0.1) is 6.92 Å². The molecular weight excluding hydrogens is 392 g/mol. The van der Waals surface area contributed by atoms with Gasteiger partial charge in [0.2, 0.25) is 0 Å². The topological polar surface area (TPSA) is 80.6 Å². The van der Waals surface area contributed by atoms with Crippen molar-refractivity contribution < 1.29 is 18.7 Å². The second kappa shape index (κ2) is 7.85. The molecular formula is C22H17ClN2O4. The number of ether oxygens (including phenoxy) is 1. The average Bonchev–Trinajstić information content (AvgIpc) is 3.13. The molecule has 1 aromatic heterocycles. The zero-order valence-electron chi connectivity index (χ0n) is 15.5. The minimum atomic E-state index is -0.416. The third kappa shape index (κ3) is 4.17. The molecule has 1 aliphatic heterocycles. The van der Waals surface area contributed by atoms with Crippen molar-refractivity contribution in [3.05, 3.63) is 88.0 Å². The molecule has 7 heteroatoms.